The van der Waals surface area contributed by atoms with Crippen LogP contribution in [0.4, 0.5) is 0 Å². The van der Waals surface area contributed by atoms with Gasteiger partial charge >= 0.3 is 11.9 Å². The van der Waals surface area contributed by atoms with Crippen molar-refractivity contribution in [3.05, 3.63) is 85.1 Å². The Morgan fingerprint density at radius 2 is 0.742 bits per heavy atom. The highest BCUT2D eigenvalue weighted by Crippen LogP contribution is 2.13. The predicted molar refractivity (Wildman–Crippen MR) is 270 cm³/mol. The van der Waals surface area contributed by atoms with Gasteiger partial charge in [-0.2, -0.15) is 0 Å². The van der Waals surface area contributed by atoms with Crippen LogP contribution in [0, 0.1) is 0 Å². The molecule has 0 heterocycles. The molecule has 0 saturated carbocycles. The summed E-state index contributed by atoms with van der Waals surface area (Å²) in [5.74, 6) is -0.438. The number of hydrogen-bond donors (Lipinski definition) is 0. The Kier molecular flexibility index (Phi) is 50.0. The molecule has 0 saturated heterocycles. The van der Waals surface area contributed by atoms with Crippen LogP contribution in [-0.4, -0.2) is 37.9 Å². The van der Waals surface area contributed by atoms with Crippen LogP contribution in [0.5, 0.6) is 0 Å². The van der Waals surface area contributed by atoms with Crippen molar-refractivity contribution in [3.8, 4) is 0 Å². The molecule has 0 N–H and O–H groups in total. The fourth-order valence-electron chi connectivity index (χ4n) is 6.98. The molecular formula is C57H98O5. The van der Waals surface area contributed by atoms with E-state index >= 15 is 0 Å². The number of carbonyl (C=O) groups excluding carboxylic acids is 2. The molecule has 0 rings (SSSR count). The molecule has 62 heavy (non-hydrogen) atoms. The Bertz CT molecular complexity index is 1160. The molecule has 0 aromatic rings. The molecule has 0 bridgehead atoms. The molecule has 0 fully saturated rings. The largest absolute Gasteiger partial charge is 0.462 e. The molecular weight excluding hydrogens is 765 g/mol. The fraction of sp³-hybridized carbons (Fsp3) is 0.719. The molecule has 1 unspecified atom stereocenters. The van der Waals surface area contributed by atoms with E-state index in [2.05, 4.69) is 106 Å². The Morgan fingerprint density at radius 1 is 0.371 bits per heavy atom. The van der Waals surface area contributed by atoms with Crippen molar-refractivity contribution >= 4 is 11.9 Å². The average Bonchev–Trinajstić information content (AvgIpc) is 3.27. The first kappa shape index (κ1) is 59.1. The molecule has 0 aromatic heterocycles. The molecule has 0 aliphatic heterocycles. The second-order valence-electron chi connectivity index (χ2n) is 17.0. The van der Waals surface area contributed by atoms with E-state index in [1.54, 1.807) is 0 Å². The molecule has 0 amide bonds. The summed E-state index contributed by atoms with van der Waals surface area (Å²) in [7, 11) is 0. The minimum absolute atomic E-state index is 0.0593. The summed E-state index contributed by atoms with van der Waals surface area (Å²) >= 11 is 0. The third-order valence-corrected chi connectivity index (χ3v) is 10.9. The summed E-state index contributed by atoms with van der Waals surface area (Å²) in [5.41, 5.74) is 0. The lowest BCUT2D eigenvalue weighted by Crippen LogP contribution is -2.30. The van der Waals surface area contributed by atoms with Gasteiger partial charge in [0.25, 0.3) is 0 Å². The van der Waals surface area contributed by atoms with Gasteiger partial charge in [-0.15, -0.1) is 0 Å². The zero-order chi connectivity index (χ0) is 44.9. The highest BCUT2D eigenvalue weighted by Gasteiger charge is 2.17. The number of esters is 2. The maximum atomic E-state index is 12.8. The molecule has 0 radical (unpaired) electrons. The fourth-order valence-corrected chi connectivity index (χ4v) is 6.98. The second kappa shape index (κ2) is 52.4. The van der Waals surface area contributed by atoms with Crippen molar-refractivity contribution in [3.63, 3.8) is 0 Å². The van der Waals surface area contributed by atoms with Crippen LogP contribution in [0.2, 0.25) is 0 Å². The minimum atomic E-state index is -0.567. The van der Waals surface area contributed by atoms with Crippen LogP contribution in [0.15, 0.2) is 85.1 Å². The molecule has 0 spiro atoms. The minimum Gasteiger partial charge on any atom is -0.462 e. The zero-order valence-corrected chi connectivity index (χ0v) is 40.9. The van der Waals surface area contributed by atoms with E-state index in [-0.39, 0.29) is 25.2 Å². The van der Waals surface area contributed by atoms with Gasteiger partial charge in [0.05, 0.1) is 6.61 Å². The van der Waals surface area contributed by atoms with Gasteiger partial charge in [0, 0.05) is 19.4 Å². The molecule has 0 aromatic carbocycles. The van der Waals surface area contributed by atoms with Gasteiger partial charge in [-0.1, -0.05) is 202 Å². The van der Waals surface area contributed by atoms with Crippen LogP contribution in [0.3, 0.4) is 0 Å². The molecule has 5 nitrogen and oxygen atoms in total. The number of unbranched alkanes of at least 4 members (excludes halogenated alkanes) is 22. The van der Waals surface area contributed by atoms with Crippen molar-refractivity contribution in [1.29, 1.82) is 0 Å². The van der Waals surface area contributed by atoms with Gasteiger partial charge in [0.15, 0.2) is 6.10 Å². The first-order valence-corrected chi connectivity index (χ1v) is 26.1. The van der Waals surface area contributed by atoms with Crippen molar-refractivity contribution in [2.45, 2.75) is 245 Å². The summed E-state index contributed by atoms with van der Waals surface area (Å²) in [6.45, 7) is 7.56. The summed E-state index contributed by atoms with van der Waals surface area (Å²) in [6.07, 6.45) is 68.8. The van der Waals surface area contributed by atoms with Gasteiger partial charge in [-0.05, 0) is 109 Å². The van der Waals surface area contributed by atoms with E-state index in [1.165, 1.54) is 109 Å². The molecule has 1 atom stereocenters. The number of rotatable bonds is 47. The summed E-state index contributed by atoms with van der Waals surface area (Å²) in [6, 6.07) is 0. The SMILES string of the molecule is CC/C=C\C/C=C\C/C=C\C/C=C\C/C=C\CCCCOCC(COC(=O)CCCCCCCCC/C=C\CCCCCCCC)OC(=O)CCCCCCC/C=C\CCCC. The second-order valence-corrected chi connectivity index (χ2v) is 17.0. The topological polar surface area (TPSA) is 61.8 Å². The van der Waals surface area contributed by atoms with Crippen LogP contribution < -0.4 is 0 Å². The lowest BCUT2D eigenvalue weighted by molar-refractivity contribution is -0.163. The molecule has 0 aliphatic carbocycles. The van der Waals surface area contributed by atoms with Gasteiger partial charge in [0.1, 0.15) is 6.61 Å². The number of allylic oxidation sites excluding steroid dienone is 14. The quantitative estimate of drug-likeness (QED) is 0.0346. The lowest BCUT2D eigenvalue weighted by atomic mass is 10.1. The van der Waals surface area contributed by atoms with E-state index in [4.69, 9.17) is 14.2 Å². The Morgan fingerprint density at radius 3 is 1.23 bits per heavy atom. The highest BCUT2D eigenvalue weighted by atomic mass is 16.6. The van der Waals surface area contributed by atoms with Gasteiger partial charge < -0.3 is 14.2 Å². The van der Waals surface area contributed by atoms with E-state index in [9.17, 15) is 9.59 Å². The van der Waals surface area contributed by atoms with Crippen molar-refractivity contribution < 1.29 is 23.8 Å². The first-order valence-electron chi connectivity index (χ1n) is 26.1. The van der Waals surface area contributed by atoms with Gasteiger partial charge in [-0.3, -0.25) is 9.59 Å². The summed E-state index contributed by atoms with van der Waals surface area (Å²) in [5, 5.41) is 0. The number of ether oxygens (including phenoxy) is 3. The average molecular weight is 863 g/mol. The smallest absolute Gasteiger partial charge is 0.306 e. The summed E-state index contributed by atoms with van der Waals surface area (Å²) < 4.78 is 17.3. The van der Waals surface area contributed by atoms with Gasteiger partial charge in [-0.25, -0.2) is 0 Å². The van der Waals surface area contributed by atoms with Crippen LogP contribution in [0.1, 0.15) is 239 Å². The molecule has 5 heteroatoms. The third kappa shape index (κ3) is 49.7. The van der Waals surface area contributed by atoms with Crippen molar-refractivity contribution in [2.75, 3.05) is 19.8 Å². The van der Waals surface area contributed by atoms with E-state index < -0.39 is 6.10 Å². The van der Waals surface area contributed by atoms with E-state index in [0.29, 0.717) is 19.4 Å². The first-order chi connectivity index (χ1) is 30.6. The standard InChI is InChI=1S/C57H98O5/c1-4-7-10-13-16-19-22-24-26-28-30-32-34-37-40-43-46-49-52-60-53-55(62-57(59)51-48-45-42-39-35-21-18-15-12-9-6-3)54-61-56(58)50-47-44-41-38-36-33-31-29-27-25-23-20-17-14-11-8-5-2/h7,10,15-16,18-19,24-27,30,32,37,40,55H,4-6,8-9,11-14,17,20-23,28-29,31,33-36,38-39,41-54H2,1-3H3/b10-7-,18-15-,19-16-,26-24-,27-25-,32-30-,40-37-. The maximum Gasteiger partial charge on any atom is 0.306 e. The van der Waals surface area contributed by atoms with Crippen molar-refractivity contribution in [1.82, 2.24) is 0 Å². The maximum absolute atomic E-state index is 12.8. The monoisotopic (exact) mass is 863 g/mol. The third-order valence-electron chi connectivity index (χ3n) is 10.9. The normalized spacial score (nSPS) is 12.9. The van der Waals surface area contributed by atoms with Crippen LogP contribution in [0.25, 0.3) is 0 Å². The number of hydrogen-bond acceptors (Lipinski definition) is 5. The zero-order valence-electron chi connectivity index (χ0n) is 40.9. The molecule has 356 valence electrons. The number of carbonyl (C=O) groups is 2. The highest BCUT2D eigenvalue weighted by molar-refractivity contribution is 5.70. The summed E-state index contributed by atoms with van der Waals surface area (Å²) in [4.78, 5) is 25.4. The van der Waals surface area contributed by atoms with E-state index in [1.807, 2.05) is 0 Å². The predicted octanol–water partition coefficient (Wildman–Crippen LogP) is 17.7. The van der Waals surface area contributed by atoms with Gasteiger partial charge in [0.2, 0.25) is 0 Å². The molecule has 0 aliphatic rings. The Balaban J connectivity index is 4.33. The van der Waals surface area contributed by atoms with E-state index in [0.717, 1.165) is 96.3 Å². The van der Waals surface area contributed by atoms with Crippen LogP contribution in [-0.2, 0) is 23.8 Å². The van der Waals surface area contributed by atoms with Crippen molar-refractivity contribution in [2.24, 2.45) is 0 Å². The Labute approximate surface area is 384 Å². The lowest BCUT2D eigenvalue weighted by Gasteiger charge is -2.18. The van der Waals surface area contributed by atoms with Crippen LogP contribution >= 0.6 is 0 Å². The Hall–Kier alpha value is -2.92.